The zero-order valence-electron chi connectivity index (χ0n) is 14.5. The Hall–Kier alpha value is -2.61. The van der Waals surface area contributed by atoms with Crippen LogP contribution >= 0.6 is 34.5 Å². The van der Waals surface area contributed by atoms with E-state index in [-0.39, 0.29) is 5.91 Å². The highest BCUT2D eigenvalue weighted by molar-refractivity contribution is 7.12. The van der Waals surface area contributed by atoms with E-state index in [0.717, 1.165) is 11.1 Å². The average molecular weight is 432 g/mol. The maximum atomic E-state index is 12.5. The summed E-state index contributed by atoms with van der Waals surface area (Å²) in [5, 5.41) is 14.5. The number of carbonyl (C=O) groups is 1. The quantitative estimate of drug-likeness (QED) is 0.476. The first-order valence-electron chi connectivity index (χ1n) is 8.39. The number of hydrogen-bond donors (Lipinski definition) is 1. The Morgan fingerprint density at radius 3 is 2.43 bits per heavy atom. The van der Waals surface area contributed by atoms with Crippen LogP contribution < -0.4 is 5.32 Å². The van der Waals surface area contributed by atoms with Crippen LogP contribution in [0, 0.1) is 0 Å². The molecular formula is C19H15Cl2N5OS. The molecule has 9 heteroatoms. The fourth-order valence-electron chi connectivity index (χ4n) is 2.67. The molecule has 3 aromatic heterocycles. The average Bonchev–Trinajstić information content (AvgIpc) is 3.40. The van der Waals surface area contributed by atoms with Crippen molar-refractivity contribution in [3.63, 3.8) is 0 Å². The highest BCUT2D eigenvalue weighted by atomic mass is 35.5. The summed E-state index contributed by atoms with van der Waals surface area (Å²) in [5.74, 6) is -0.166. The van der Waals surface area contributed by atoms with Crippen molar-refractivity contribution in [1.29, 1.82) is 0 Å². The first kappa shape index (κ1) is 18.7. The summed E-state index contributed by atoms with van der Waals surface area (Å²) in [5.41, 5.74) is 2.72. The van der Waals surface area contributed by atoms with Crippen LogP contribution in [0.15, 0.2) is 60.5 Å². The molecule has 28 heavy (non-hydrogen) atoms. The second kappa shape index (κ2) is 8.18. The van der Waals surface area contributed by atoms with E-state index in [0.29, 0.717) is 33.7 Å². The SMILES string of the molecule is O=C(Nc1cnn(Cc2ccc(Cl)cc2)c1)c1cc(Cn2cc(Cl)cn2)cs1. The van der Waals surface area contributed by atoms with Crippen LogP contribution in [0.25, 0.3) is 0 Å². The van der Waals surface area contributed by atoms with Gasteiger partial charge in [0, 0.05) is 17.4 Å². The molecule has 6 nitrogen and oxygen atoms in total. The van der Waals surface area contributed by atoms with E-state index in [1.54, 1.807) is 34.2 Å². The van der Waals surface area contributed by atoms with Gasteiger partial charge in [-0.3, -0.25) is 14.2 Å². The summed E-state index contributed by atoms with van der Waals surface area (Å²) < 4.78 is 3.49. The van der Waals surface area contributed by atoms with Crippen molar-refractivity contribution in [1.82, 2.24) is 19.6 Å². The van der Waals surface area contributed by atoms with Gasteiger partial charge in [-0.1, -0.05) is 35.3 Å². The Morgan fingerprint density at radius 2 is 1.68 bits per heavy atom. The maximum absolute atomic E-state index is 12.5. The van der Waals surface area contributed by atoms with Crippen LogP contribution in [0.3, 0.4) is 0 Å². The molecule has 0 aliphatic rings. The predicted molar refractivity (Wildman–Crippen MR) is 111 cm³/mol. The van der Waals surface area contributed by atoms with Crippen molar-refractivity contribution in [2.75, 3.05) is 5.32 Å². The molecule has 1 amide bonds. The van der Waals surface area contributed by atoms with Gasteiger partial charge < -0.3 is 5.32 Å². The summed E-state index contributed by atoms with van der Waals surface area (Å²) >= 11 is 13.2. The van der Waals surface area contributed by atoms with Crippen molar-refractivity contribution in [3.8, 4) is 0 Å². The molecule has 0 unspecified atom stereocenters. The highest BCUT2D eigenvalue weighted by Gasteiger charge is 2.11. The van der Waals surface area contributed by atoms with E-state index in [9.17, 15) is 4.79 Å². The van der Waals surface area contributed by atoms with Crippen molar-refractivity contribution >= 4 is 46.1 Å². The number of nitrogens with zero attached hydrogens (tertiary/aromatic N) is 4. The number of hydrogen-bond acceptors (Lipinski definition) is 4. The first-order chi connectivity index (χ1) is 13.5. The lowest BCUT2D eigenvalue weighted by atomic mass is 10.2. The van der Waals surface area contributed by atoms with Crippen molar-refractivity contribution in [3.05, 3.63) is 86.5 Å². The van der Waals surface area contributed by atoms with Gasteiger partial charge in [-0.25, -0.2) is 0 Å². The minimum atomic E-state index is -0.166. The van der Waals surface area contributed by atoms with Gasteiger partial charge in [-0.2, -0.15) is 10.2 Å². The molecule has 0 fully saturated rings. The minimum Gasteiger partial charge on any atom is -0.319 e. The van der Waals surface area contributed by atoms with Gasteiger partial charge >= 0.3 is 0 Å². The van der Waals surface area contributed by atoms with Crippen LogP contribution in [-0.4, -0.2) is 25.5 Å². The van der Waals surface area contributed by atoms with E-state index < -0.39 is 0 Å². The highest BCUT2D eigenvalue weighted by Crippen LogP contribution is 2.19. The summed E-state index contributed by atoms with van der Waals surface area (Å²) in [6.45, 7) is 1.16. The Morgan fingerprint density at radius 1 is 0.964 bits per heavy atom. The molecule has 0 atom stereocenters. The predicted octanol–water partition coefficient (Wildman–Crippen LogP) is 4.80. The Labute approximate surface area is 175 Å². The summed E-state index contributed by atoms with van der Waals surface area (Å²) in [6, 6.07) is 9.43. The molecule has 4 rings (SSSR count). The number of anilines is 1. The second-order valence-electron chi connectivity index (χ2n) is 6.18. The summed E-state index contributed by atoms with van der Waals surface area (Å²) in [4.78, 5) is 13.1. The lowest BCUT2D eigenvalue weighted by molar-refractivity contribution is 0.103. The molecule has 0 radical (unpaired) electrons. The van der Waals surface area contributed by atoms with Gasteiger partial charge in [0.05, 0.1) is 41.1 Å². The number of thiophene rings is 1. The Balaban J connectivity index is 1.37. The molecule has 0 saturated carbocycles. The molecule has 0 saturated heterocycles. The van der Waals surface area contributed by atoms with E-state index in [2.05, 4.69) is 15.5 Å². The van der Waals surface area contributed by atoms with Gasteiger partial charge in [0.25, 0.3) is 5.91 Å². The zero-order valence-corrected chi connectivity index (χ0v) is 16.9. The van der Waals surface area contributed by atoms with Crippen molar-refractivity contribution < 1.29 is 4.79 Å². The molecule has 0 bridgehead atoms. The molecular weight excluding hydrogens is 417 g/mol. The second-order valence-corrected chi connectivity index (χ2v) is 7.97. The van der Waals surface area contributed by atoms with Crippen LogP contribution in [0.2, 0.25) is 10.0 Å². The van der Waals surface area contributed by atoms with Gasteiger partial charge in [0.15, 0.2) is 0 Å². The number of benzene rings is 1. The van der Waals surface area contributed by atoms with E-state index >= 15 is 0 Å². The largest absolute Gasteiger partial charge is 0.319 e. The number of amides is 1. The van der Waals surface area contributed by atoms with E-state index in [4.69, 9.17) is 23.2 Å². The third-order valence-electron chi connectivity index (χ3n) is 3.97. The molecule has 0 spiro atoms. The van der Waals surface area contributed by atoms with Crippen molar-refractivity contribution in [2.45, 2.75) is 13.1 Å². The minimum absolute atomic E-state index is 0.166. The molecule has 1 N–H and O–H groups in total. The lowest BCUT2D eigenvalue weighted by Gasteiger charge is -2.02. The van der Waals surface area contributed by atoms with Crippen LogP contribution in [0.1, 0.15) is 20.8 Å². The molecule has 0 aliphatic heterocycles. The first-order valence-corrected chi connectivity index (χ1v) is 10.0. The summed E-state index contributed by atoms with van der Waals surface area (Å²) in [7, 11) is 0. The van der Waals surface area contributed by atoms with Crippen LogP contribution in [0.4, 0.5) is 5.69 Å². The fraction of sp³-hybridized carbons (Fsp3) is 0.105. The van der Waals surface area contributed by atoms with Crippen molar-refractivity contribution in [2.24, 2.45) is 0 Å². The normalized spacial score (nSPS) is 10.9. The monoisotopic (exact) mass is 431 g/mol. The van der Waals surface area contributed by atoms with Gasteiger partial charge in [-0.05, 0) is 34.7 Å². The van der Waals surface area contributed by atoms with Gasteiger partial charge in [0.2, 0.25) is 0 Å². The molecule has 1 aromatic carbocycles. The Bertz CT molecular complexity index is 1100. The standard InChI is InChI=1S/C19H15Cl2N5OS/c20-15-3-1-13(2-4-15)8-26-11-17(7-23-26)24-19(27)18-5-14(12-28-18)9-25-10-16(21)6-22-25/h1-7,10-12H,8-9H2,(H,24,27). The third-order valence-corrected chi connectivity index (χ3v) is 5.40. The smallest absolute Gasteiger partial charge is 0.265 e. The molecule has 0 aliphatic carbocycles. The van der Waals surface area contributed by atoms with E-state index in [1.807, 2.05) is 35.7 Å². The third kappa shape index (κ3) is 4.62. The van der Waals surface area contributed by atoms with Gasteiger partial charge in [-0.15, -0.1) is 11.3 Å². The van der Waals surface area contributed by atoms with E-state index in [1.165, 1.54) is 11.3 Å². The topological polar surface area (TPSA) is 64.7 Å². The van der Waals surface area contributed by atoms with Crippen LogP contribution in [-0.2, 0) is 13.1 Å². The van der Waals surface area contributed by atoms with Gasteiger partial charge in [0.1, 0.15) is 0 Å². The number of aromatic nitrogens is 4. The number of carbonyl (C=O) groups excluding carboxylic acids is 1. The maximum Gasteiger partial charge on any atom is 0.265 e. The molecule has 4 aromatic rings. The number of halogens is 2. The Kier molecular flexibility index (Phi) is 5.47. The zero-order chi connectivity index (χ0) is 19.5. The molecule has 142 valence electrons. The van der Waals surface area contributed by atoms with Crippen LogP contribution in [0.5, 0.6) is 0 Å². The fourth-order valence-corrected chi connectivity index (χ4v) is 3.75. The molecule has 3 heterocycles. The summed E-state index contributed by atoms with van der Waals surface area (Å²) in [6.07, 6.45) is 6.76. The number of nitrogens with one attached hydrogen (secondary N) is 1. The number of rotatable bonds is 6. The lowest BCUT2D eigenvalue weighted by Crippen LogP contribution is -2.09.